The van der Waals surface area contributed by atoms with Crippen LogP contribution in [0.2, 0.25) is 0 Å². The van der Waals surface area contributed by atoms with Crippen molar-refractivity contribution in [3.8, 4) is 5.75 Å². The zero-order valence-corrected chi connectivity index (χ0v) is 7.30. The quantitative estimate of drug-likeness (QED) is 0.659. The Bertz CT molecular complexity index is 312. The van der Waals surface area contributed by atoms with Crippen molar-refractivity contribution in [2.75, 3.05) is 19.0 Å². The number of hydrogen-bond acceptors (Lipinski definition) is 4. The van der Waals surface area contributed by atoms with Crippen LogP contribution in [-0.2, 0) is 6.42 Å². The Kier molecular flexibility index (Phi) is 2.00. The summed E-state index contributed by atoms with van der Waals surface area (Å²) in [4.78, 5) is 7.27. The molecule has 2 heterocycles. The van der Waals surface area contributed by atoms with Crippen molar-refractivity contribution < 1.29 is 9.13 Å². The van der Waals surface area contributed by atoms with Crippen LogP contribution in [0.15, 0.2) is 0 Å². The second-order valence-electron chi connectivity index (χ2n) is 2.82. The van der Waals surface area contributed by atoms with Crippen LogP contribution in [0.1, 0.15) is 12.1 Å². The summed E-state index contributed by atoms with van der Waals surface area (Å²) in [6.45, 7) is 0.649. The van der Waals surface area contributed by atoms with Crippen LogP contribution < -0.4 is 10.1 Å². The van der Waals surface area contributed by atoms with E-state index in [0.717, 1.165) is 12.8 Å². The number of nitrogens with one attached hydrogen (secondary N) is 1. The molecule has 1 aromatic heterocycles. The normalized spacial score (nSPS) is 14.6. The molecular formula is C8H10FN3O. The second kappa shape index (κ2) is 3.16. The third-order valence-corrected chi connectivity index (χ3v) is 1.95. The molecule has 0 spiro atoms. The maximum Gasteiger partial charge on any atom is 0.311 e. The summed E-state index contributed by atoms with van der Waals surface area (Å²) in [5, 5.41) is 2.78. The molecule has 1 aliphatic rings. The summed E-state index contributed by atoms with van der Waals surface area (Å²) in [6, 6.07) is 0. The Balaban J connectivity index is 2.50. The molecule has 0 saturated carbocycles. The third kappa shape index (κ3) is 1.41. The first-order valence-electron chi connectivity index (χ1n) is 4.18. The van der Waals surface area contributed by atoms with Gasteiger partial charge in [0, 0.05) is 7.05 Å². The minimum absolute atomic E-state index is 0.433. The van der Waals surface area contributed by atoms with Gasteiger partial charge in [-0.05, 0) is 12.8 Å². The van der Waals surface area contributed by atoms with Crippen molar-refractivity contribution in [2.24, 2.45) is 0 Å². The lowest BCUT2D eigenvalue weighted by molar-refractivity contribution is 0.282. The van der Waals surface area contributed by atoms with Gasteiger partial charge in [-0.1, -0.05) is 0 Å². The minimum Gasteiger partial charge on any atom is -0.488 e. The molecule has 0 unspecified atom stereocenters. The van der Waals surface area contributed by atoms with Crippen LogP contribution in [0, 0.1) is 6.08 Å². The molecule has 13 heavy (non-hydrogen) atoms. The van der Waals surface area contributed by atoms with E-state index in [4.69, 9.17) is 4.74 Å². The van der Waals surface area contributed by atoms with Crippen molar-refractivity contribution in [3.05, 3.63) is 11.8 Å². The predicted molar refractivity (Wildman–Crippen MR) is 45.4 cm³/mol. The highest BCUT2D eigenvalue weighted by Gasteiger charge is 2.18. The van der Waals surface area contributed by atoms with E-state index in [1.807, 2.05) is 0 Å². The molecule has 1 aliphatic heterocycles. The highest BCUT2D eigenvalue weighted by molar-refractivity contribution is 5.52. The third-order valence-electron chi connectivity index (χ3n) is 1.95. The molecular weight excluding hydrogens is 173 g/mol. The molecule has 0 saturated heterocycles. The largest absolute Gasteiger partial charge is 0.488 e. The predicted octanol–water partition coefficient (Wildman–Crippen LogP) is 0.982. The van der Waals surface area contributed by atoms with Gasteiger partial charge in [0.15, 0.2) is 11.6 Å². The number of aryl methyl sites for hydroxylation is 1. The number of hydrogen-bond donors (Lipinski definition) is 1. The fourth-order valence-corrected chi connectivity index (χ4v) is 1.37. The van der Waals surface area contributed by atoms with E-state index in [9.17, 15) is 4.39 Å². The Hall–Kier alpha value is -1.39. The Morgan fingerprint density at radius 1 is 1.46 bits per heavy atom. The molecule has 0 aliphatic carbocycles. The lowest BCUT2D eigenvalue weighted by Crippen LogP contribution is -2.14. The van der Waals surface area contributed by atoms with Gasteiger partial charge in [-0.15, -0.1) is 0 Å². The number of aromatic nitrogens is 2. The smallest absolute Gasteiger partial charge is 0.311 e. The Labute approximate surface area is 75.2 Å². The van der Waals surface area contributed by atoms with E-state index in [1.54, 1.807) is 7.05 Å². The number of fused-ring (bicyclic) bond motifs is 1. The van der Waals surface area contributed by atoms with Crippen molar-refractivity contribution in [2.45, 2.75) is 12.8 Å². The van der Waals surface area contributed by atoms with Gasteiger partial charge >= 0.3 is 6.08 Å². The molecule has 0 bridgehead atoms. The monoisotopic (exact) mass is 183 g/mol. The van der Waals surface area contributed by atoms with Gasteiger partial charge in [0.05, 0.1) is 12.3 Å². The van der Waals surface area contributed by atoms with Crippen LogP contribution >= 0.6 is 0 Å². The van der Waals surface area contributed by atoms with Gasteiger partial charge in [-0.25, -0.2) is 4.98 Å². The van der Waals surface area contributed by atoms with Crippen LogP contribution in [0.25, 0.3) is 0 Å². The first-order valence-corrected chi connectivity index (χ1v) is 4.18. The Morgan fingerprint density at radius 2 is 2.31 bits per heavy atom. The number of nitrogens with zero attached hydrogens (tertiary/aromatic N) is 2. The molecule has 0 radical (unpaired) electrons. The summed E-state index contributed by atoms with van der Waals surface area (Å²) in [6.07, 6.45) is 0.935. The highest BCUT2D eigenvalue weighted by atomic mass is 19.1. The molecule has 0 atom stereocenters. The second-order valence-corrected chi connectivity index (χ2v) is 2.82. The van der Waals surface area contributed by atoms with Crippen LogP contribution in [0.4, 0.5) is 10.2 Å². The van der Waals surface area contributed by atoms with E-state index in [1.165, 1.54) is 0 Å². The summed E-state index contributed by atoms with van der Waals surface area (Å²) in [7, 11) is 1.68. The van der Waals surface area contributed by atoms with Crippen LogP contribution in [0.3, 0.4) is 0 Å². The molecule has 0 amide bonds. The van der Waals surface area contributed by atoms with Gasteiger partial charge in [-0.2, -0.15) is 9.37 Å². The first-order chi connectivity index (χ1) is 6.31. The number of ether oxygens (including phenoxy) is 1. The van der Waals surface area contributed by atoms with Gasteiger partial charge in [0.1, 0.15) is 0 Å². The molecule has 0 fully saturated rings. The summed E-state index contributed by atoms with van der Waals surface area (Å²) >= 11 is 0. The summed E-state index contributed by atoms with van der Waals surface area (Å²) in [5.41, 5.74) is 0.656. The zero-order chi connectivity index (χ0) is 9.26. The van der Waals surface area contributed by atoms with Gasteiger partial charge in [0.2, 0.25) is 0 Å². The lowest BCUT2D eigenvalue weighted by Gasteiger charge is -2.17. The number of anilines is 1. The molecule has 70 valence electrons. The van der Waals surface area contributed by atoms with E-state index >= 15 is 0 Å². The zero-order valence-electron chi connectivity index (χ0n) is 7.30. The van der Waals surface area contributed by atoms with Crippen LogP contribution in [0.5, 0.6) is 5.75 Å². The molecule has 4 nitrogen and oxygen atoms in total. The van der Waals surface area contributed by atoms with Crippen molar-refractivity contribution >= 4 is 5.82 Å². The van der Waals surface area contributed by atoms with Crippen molar-refractivity contribution in [1.29, 1.82) is 0 Å². The average molecular weight is 183 g/mol. The number of rotatable bonds is 1. The van der Waals surface area contributed by atoms with E-state index < -0.39 is 6.08 Å². The molecule has 1 aromatic rings. The number of halogens is 1. The van der Waals surface area contributed by atoms with Gasteiger partial charge in [-0.3, -0.25) is 0 Å². The molecule has 0 aromatic carbocycles. The van der Waals surface area contributed by atoms with Gasteiger partial charge < -0.3 is 10.1 Å². The molecule has 2 rings (SSSR count). The molecule has 5 heteroatoms. The van der Waals surface area contributed by atoms with E-state index in [-0.39, 0.29) is 0 Å². The molecule has 1 N–H and O–H groups in total. The highest BCUT2D eigenvalue weighted by Crippen LogP contribution is 2.29. The van der Waals surface area contributed by atoms with E-state index in [0.29, 0.717) is 23.9 Å². The minimum atomic E-state index is -0.700. The fourth-order valence-electron chi connectivity index (χ4n) is 1.37. The van der Waals surface area contributed by atoms with Crippen LogP contribution in [-0.4, -0.2) is 23.6 Å². The lowest BCUT2D eigenvalue weighted by atomic mass is 10.2. The SMILES string of the molecule is CNc1nc(F)nc2c1OCCC2. The standard InChI is InChI=1S/C8H10FN3O/c1-10-7-6-5(3-2-4-13-6)11-8(9)12-7/h2-4H2,1H3,(H,10,11,12). The fraction of sp³-hybridized carbons (Fsp3) is 0.500. The average Bonchev–Trinajstić information content (AvgIpc) is 2.16. The summed E-state index contributed by atoms with van der Waals surface area (Å²) < 4.78 is 18.2. The maximum atomic E-state index is 12.8. The summed E-state index contributed by atoms with van der Waals surface area (Å²) in [5.74, 6) is 1.03. The Morgan fingerprint density at radius 3 is 3.08 bits per heavy atom. The topological polar surface area (TPSA) is 47.0 Å². The van der Waals surface area contributed by atoms with Crippen molar-refractivity contribution in [3.63, 3.8) is 0 Å². The maximum absolute atomic E-state index is 12.8. The van der Waals surface area contributed by atoms with Crippen molar-refractivity contribution in [1.82, 2.24) is 9.97 Å². The first kappa shape index (κ1) is 8.22. The van der Waals surface area contributed by atoms with Gasteiger partial charge in [0.25, 0.3) is 0 Å². The van der Waals surface area contributed by atoms with E-state index in [2.05, 4.69) is 15.3 Å².